The molecule has 1 aromatic heterocycles. The Morgan fingerprint density at radius 1 is 1.47 bits per heavy atom. The second-order valence-electron chi connectivity index (χ2n) is 5.79. The molecule has 106 valence electrons. The summed E-state index contributed by atoms with van der Waals surface area (Å²) in [5, 5.41) is 14.2. The van der Waals surface area contributed by atoms with Gasteiger partial charge in [0.15, 0.2) is 5.13 Å². The van der Waals surface area contributed by atoms with Crippen molar-refractivity contribution in [1.29, 1.82) is 0 Å². The third-order valence-electron chi connectivity index (χ3n) is 4.75. The maximum absolute atomic E-state index is 11.1. The van der Waals surface area contributed by atoms with E-state index in [1.54, 1.807) is 11.3 Å². The highest BCUT2D eigenvalue weighted by molar-refractivity contribution is 7.13. The summed E-state index contributed by atoms with van der Waals surface area (Å²) >= 11 is 1.68. The van der Waals surface area contributed by atoms with Crippen molar-refractivity contribution in [3.05, 3.63) is 11.6 Å². The van der Waals surface area contributed by atoms with Crippen molar-refractivity contribution in [2.24, 2.45) is 11.8 Å². The van der Waals surface area contributed by atoms with Gasteiger partial charge in [-0.1, -0.05) is 6.92 Å². The molecule has 1 aromatic rings. The van der Waals surface area contributed by atoms with E-state index in [0.29, 0.717) is 5.92 Å². The number of anilines is 1. The van der Waals surface area contributed by atoms with Gasteiger partial charge >= 0.3 is 0 Å². The molecule has 2 fully saturated rings. The lowest BCUT2D eigenvalue weighted by molar-refractivity contribution is -0.108. The number of nitrogens with zero attached hydrogens (tertiary/aromatic N) is 2. The number of piperidine rings is 1. The Morgan fingerprint density at radius 3 is 2.89 bits per heavy atom. The molecule has 3 heterocycles. The number of rotatable bonds is 2. The highest BCUT2D eigenvalue weighted by Crippen LogP contribution is 2.40. The van der Waals surface area contributed by atoms with Crippen LogP contribution >= 0.6 is 11.3 Å². The van der Waals surface area contributed by atoms with Crippen LogP contribution in [0.25, 0.3) is 0 Å². The van der Waals surface area contributed by atoms with Crippen LogP contribution in [0.3, 0.4) is 0 Å². The molecular formula is C14H22N2O2S. The van der Waals surface area contributed by atoms with Gasteiger partial charge in [0.1, 0.15) is 0 Å². The maximum atomic E-state index is 11.1. The zero-order valence-electron chi connectivity index (χ0n) is 11.4. The third-order valence-corrected chi connectivity index (χ3v) is 5.58. The monoisotopic (exact) mass is 282 g/mol. The van der Waals surface area contributed by atoms with E-state index in [-0.39, 0.29) is 5.92 Å². The first kappa shape index (κ1) is 13.3. The van der Waals surface area contributed by atoms with Crippen LogP contribution in [0.4, 0.5) is 5.13 Å². The zero-order chi connectivity index (χ0) is 13.3. The summed E-state index contributed by atoms with van der Waals surface area (Å²) in [6, 6.07) is 0. The highest BCUT2D eigenvalue weighted by Gasteiger charge is 2.45. The van der Waals surface area contributed by atoms with Crippen LogP contribution < -0.4 is 4.90 Å². The molecule has 19 heavy (non-hydrogen) atoms. The topological polar surface area (TPSA) is 45.6 Å². The fraction of sp³-hybridized carbons (Fsp3) is 0.786. The summed E-state index contributed by atoms with van der Waals surface area (Å²) in [6.07, 6.45) is 4.69. The van der Waals surface area contributed by atoms with Crippen LogP contribution in [0.2, 0.25) is 0 Å². The van der Waals surface area contributed by atoms with Crippen molar-refractivity contribution >= 4 is 16.5 Å². The van der Waals surface area contributed by atoms with Crippen LogP contribution in [0.5, 0.6) is 0 Å². The molecule has 0 amide bonds. The van der Waals surface area contributed by atoms with Crippen molar-refractivity contribution in [2.75, 3.05) is 31.2 Å². The SMILES string of the molecule is C[C@@H]1CN(c2nccs2)CC[C@@]1(O)C1CCOCC1. The summed E-state index contributed by atoms with van der Waals surface area (Å²) in [4.78, 5) is 6.69. The van der Waals surface area contributed by atoms with Gasteiger partial charge in [0.2, 0.25) is 0 Å². The van der Waals surface area contributed by atoms with Crippen molar-refractivity contribution in [1.82, 2.24) is 4.98 Å². The van der Waals surface area contributed by atoms with Gasteiger partial charge in [0.25, 0.3) is 0 Å². The van der Waals surface area contributed by atoms with Crippen LogP contribution in [0, 0.1) is 11.8 Å². The lowest BCUT2D eigenvalue weighted by Gasteiger charge is -2.48. The fourth-order valence-corrected chi connectivity index (χ4v) is 4.17. The minimum Gasteiger partial charge on any atom is -0.389 e. The summed E-state index contributed by atoms with van der Waals surface area (Å²) in [7, 11) is 0. The average molecular weight is 282 g/mol. The molecule has 0 aliphatic carbocycles. The van der Waals surface area contributed by atoms with Gasteiger partial charge in [0.05, 0.1) is 5.60 Å². The maximum Gasteiger partial charge on any atom is 0.185 e. The van der Waals surface area contributed by atoms with Gasteiger partial charge in [-0.25, -0.2) is 4.98 Å². The van der Waals surface area contributed by atoms with E-state index in [9.17, 15) is 5.11 Å². The van der Waals surface area contributed by atoms with Gasteiger partial charge in [0, 0.05) is 43.8 Å². The van der Waals surface area contributed by atoms with E-state index in [1.807, 2.05) is 11.6 Å². The van der Waals surface area contributed by atoms with Crippen molar-refractivity contribution in [2.45, 2.75) is 31.8 Å². The quantitative estimate of drug-likeness (QED) is 0.903. The van der Waals surface area contributed by atoms with E-state index in [4.69, 9.17) is 4.74 Å². The van der Waals surface area contributed by atoms with Crippen LogP contribution in [-0.4, -0.2) is 42.0 Å². The second-order valence-corrected chi connectivity index (χ2v) is 6.66. The number of thiazole rings is 1. The molecule has 0 unspecified atom stereocenters. The molecule has 5 heteroatoms. The van der Waals surface area contributed by atoms with Crippen LogP contribution in [0.15, 0.2) is 11.6 Å². The number of aromatic nitrogens is 1. The molecule has 0 spiro atoms. The Balaban J connectivity index is 1.69. The summed E-state index contributed by atoms with van der Waals surface area (Å²) in [5.41, 5.74) is -0.516. The van der Waals surface area contributed by atoms with Gasteiger partial charge < -0.3 is 14.7 Å². The molecule has 0 bridgehead atoms. The lowest BCUT2D eigenvalue weighted by Crippen LogP contribution is -2.56. The Morgan fingerprint density at radius 2 is 2.26 bits per heavy atom. The number of ether oxygens (including phenoxy) is 1. The molecule has 2 saturated heterocycles. The smallest absolute Gasteiger partial charge is 0.185 e. The minimum absolute atomic E-state index is 0.285. The Hall–Kier alpha value is -0.650. The standard InChI is InChI=1S/C14H22N2O2S/c1-11-10-16(13-15-5-9-19-13)6-4-14(11,17)12-2-7-18-8-3-12/h5,9,11-12,17H,2-4,6-8,10H2,1H3/t11-,14+/m1/s1. The van der Waals surface area contributed by atoms with E-state index >= 15 is 0 Å². The number of hydrogen-bond acceptors (Lipinski definition) is 5. The van der Waals surface area contributed by atoms with Crippen molar-refractivity contribution in [3.8, 4) is 0 Å². The highest BCUT2D eigenvalue weighted by atomic mass is 32.1. The first-order valence-corrected chi connectivity index (χ1v) is 8.02. The molecule has 3 rings (SSSR count). The molecule has 1 N–H and O–H groups in total. The molecule has 2 atom stereocenters. The first-order valence-electron chi connectivity index (χ1n) is 7.14. The van der Waals surface area contributed by atoms with E-state index in [1.165, 1.54) is 0 Å². The normalized spacial score (nSPS) is 33.6. The van der Waals surface area contributed by atoms with E-state index in [2.05, 4.69) is 16.8 Å². The van der Waals surface area contributed by atoms with Crippen LogP contribution in [0.1, 0.15) is 26.2 Å². The summed E-state index contributed by atoms with van der Waals surface area (Å²) in [6.45, 7) is 5.59. The number of hydrogen-bond donors (Lipinski definition) is 1. The summed E-state index contributed by atoms with van der Waals surface area (Å²) < 4.78 is 5.42. The Bertz CT molecular complexity index is 406. The fourth-order valence-electron chi connectivity index (χ4n) is 3.49. The van der Waals surface area contributed by atoms with Gasteiger partial charge in [-0.2, -0.15) is 0 Å². The zero-order valence-corrected chi connectivity index (χ0v) is 12.2. The molecule has 4 nitrogen and oxygen atoms in total. The van der Waals surface area contributed by atoms with E-state index in [0.717, 1.165) is 50.7 Å². The number of aliphatic hydroxyl groups is 1. The molecule has 2 aliphatic rings. The molecule has 0 radical (unpaired) electrons. The van der Waals surface area contributed by atoms with E-state index < -0.39 is 5.60 Å². The minimum atomic E-state index is -0.516. The average Bonchev–Trinajstić information content (AvgIpc) is 2.97. The lowest BCUT2D eigenvalue weighted by atomic mass is 9.70. The predicted molar refractivity (Wildman–Crippen MR) is 76.6 cm³/mol. The Labute approximate surface area is 118 Å². The largest absolute Gasteiger partial charge is 0.389 e. The van der Waals surface area contributed by atoms with Crippen molar-refractivity contribution in [3.63, 3.8) is 0 Å². The van der Waals surface area contributed by atoms with Crippen molar-refractivity contribution < 1.29 is 9.84 Å². The third kappa shape index (κ3) is 2.51. The second kappa shape index (κ2) is 5.38. The van der Waals surface area contributed by atoms with Gasteiger partial charge in [-0.05, 0) is 25.2 Å². The molecule has 0 aromatic carbocycles. The molecule has 2 aliphatic heterocycles. The molecule has 0 saturated carbocycles. The van der Waals surface area contributed by atoms with Gasteiger partial charge in [-0.3, -0.25) is 0 Å². The van der Waals surface area contributed by atoms with Gasteiger partial charge in [-0.15, -0.1) is 11.3 Å². The van der Waals surface area contributed by atoms with Crippen LogP contribution in [-0.2, 0) is 4.74 Å². The molecular weight excluding hydrogens is 260 g/mol. The summed E-state index contributed by atoms with van der Waals surface area (Å²) in [5.74, 6) is 0.683. The first-order chi connectivity index (χ1) is 9.20. The predicted octanol–water partition coefficient (Wildman–Crippen LogP) is 2.15. The Kier molecular flexibility index (Phi) is 3.78.